The van der Waals surface area contributed by atoms with Crippen LogP contribution in [-0.4, -0.2) is 6.21 Å². The lowest BCUT2D eigenvalue weighted by Gasteiger charge is -1.95. The average Bonchev–Trinajstić information content (AvgIpc) is 2.83. The van der Waals surface area contributed by atoms with E-state index in [1.807, 2.05) is 42.5 Å². The summed E-state index contributed by atoms with van der Waals surface area (Å²) in [4.78, 5) is 0. The molecule has 0 radical (unpaired) electrons. The first-order chi connectivity index (χ1) is 7.95. The molecule has 0 amide bonds. The van der Waals surface area contributed by atoms with Crippen LogP contribution < -0.4 is 5.43 Å². The lowest BCUT2D eigenvalue weighted by molar-refractivity contribution is 1.35. The Morgan fingerprint density at radius 2 is 2.12 bits per heavy atom. The third kappa shape index (κ3) is 3.14. The number of para-hydroxylation sites is 1. The van der Waals surface area contributed by atoms with E-state index in [4.69, 9.17) is 0 Å². The molecule has 0 aliphatic heterocycles. The molecule has 1 aromatic carbocycles. The Balaban J connectivity index is 1.82. The molecule has 78 valence electrons. The van der Waals surface area contributed by atoms with Crippen molar-refractivity contribution in [2.75, 3.05) is 5.43 Å². The van der Waals surface area contributed by atoms with E-state index in [1.165, 1.54) is 0 Å². The molecule has 0 heterocycles. The zero-order chi connectivity index (χ0) is 11.1. The quantitative estimate of drug-likeness (QED) is 0.451. The summed E-state index contributed by atoms with van der Waals surface area (Å²) in [6.45, 7) is 0. The molecule has 0 fully saturated rings. The SMILES string of the molecule is C(#CC1=CC=CC1)/C=N\Nc1ccccc1. The second-order valence-corrected chi connectivity index (χ2v) is 3.33. The zero-order valence-electron chi connectivity index (χ0n) is 8.85. The Hall–Kier alpha value is -2.27. The van der Waals surface area contributed by atoms with E-state index in [1.54, 1.807) is 6.21 Å². The molecule has 2 rings (SSSR count). The largest absolute Gasteiger partial charge is 0.278 e. The predicted octanol–water partition coefficient (Wildman–Crippen LogP) is 2.97. The first kappa shape index (κ1) is 10.3. The Morgan fingerprint density at radius 3 is 2.88 bits per heavy atom. The fraction of sp³-hybridized carbons (Fsp3) is 0.0714. The number of anilines is 1. The fourth-order valence-corrected chi connectivity index (χ4v) is 1.32. The third-order valence-electron chi connectivity index (χ3n) is 2.10. The standard InChI is InChI=1S/C14H12N2/c1-2-10-14(11-3-1)16-15-12-6-9-13-7-4-5-8-13/h1-5,7,10-12,16H,8H2/b15-12-. The highest BCUT2D eigenvalue weighted by Gasteiger charge is 1.91. The molecular weight excluding hydrogens is 196 g/mol. The third-order valence-corrected chi connectivity index (χ3v) is 2.10. The Labute approximate surface area is 95.4 Å². The van der Waals surface area contributed by atoms with Crippen molar-refractivity contribution in [3.05, 3.63) is 54.1 Å². The maximum atomic E-state index is 4.01. The highest BCUT2D eigenvalue weighted by Crippen LogP contribution is 2.07. The molecule has 2 nitrogen and oxygen atoms in total. The van der Waals surface area contributed by atoms with E-state index in [0.29, 0.717) is 0 Å². The van der Waals surface area contributed by atoms with Gasteiger partial charge in [0.15, 0.2) is 0 Å². The lowest BCUT2D eigenvalue weighted by atomic mass is 10.2. The van der Waals surface area contributed by atoms with Crippen molar-refractivity contribution in [2.24, 2.45) is 5.10 Å². The molecule has 0 spiro atoms. The van der Waals surface area contributed by atoms with E-state index in [2.05, 4.69) is 28.4 Å². The number of nitrogens with one attached hydrogen (secondary N) is 1. The van der Waals surface area contributed by atoms with Gasteiger partial charge in [0.05, 0.1) is 11.9 Å². The van der Waals surface area contributed by atoms with Crippen LogP contribution in [0.4, 0.5) is 5.69 Å². The van der Waals surface area contributed by atoms with Crippen molar-refractivity contribution in [3.8, 4) is 11.8 Å². The maximum Gasteiger partial charge on any atom is 0.0973 e. The van der Waals surface area contributed by atoms with Crippen molar-refractivity contribution in [3.63, 3.8) is 0 Å². The van der Waals surface area contributed by atoms with Crippen LogP contribution in [0.15, 0.2) is 59.2 Å². The van der Waals surface area contributed by atoms with Gasteiger partial charge < -0.3 is 0 Å². The number of hydrogen-bond acceptors (Lipinski definition) is 2. The maximum absolute atomic E-state index is 4.01. The highest BCUT2D eigenvalue weighted by molar-refractivity contribution is 5.80. The van der Waals surface area contributed by atoms with E-state index in [-0.39, 0.29) is 0 Å². The Morgan fingerprint density at radius 1 is 1.25 bits per heavy atom. The predicted molar refractivity (Wildman–Crippen MR) is 68.2 cm³/mol. The van der Waals surface area contributed by atoms with Crippen molar-refractivity contribution < 1.29 is 0 Å². The van der Waals surface area contributed by atoms with Crippen LogP contribution in [0.3, 0.4) is 0 Å². The van der Waals surface area contributed by atoms with Crippen LogP contribution >= 0.6 is 0 Å². The summed E-state index contributed by atoms with van der Waals surface area (Å²) in [6.07, 6.45) is 8.64. The summed E-state index contributed by atoms with van der Waals surface area (Å²) in [5.41, 5.74) is 4.99. The van der Waals surface area contributed by atoms with Gasteiger partial charge in [0.1, 0.15) is 0 Å². The normalized spacial score (nSPS) is 13.4. The molecule has 0 aromatic heterocycles. The smallest absolute Gasteiger partial charge is 0.0973 e. The van der Waals surface area contributed by atoms with Gasteiger partial charge in [0.25, 0.3) is 0 Å². The van der Waals surface area contributed by atoms with E-state index >= 15 is 0 Å². The molecule has 0 saturated carbocycles. The number of nitrogens with zero attached hydrogens (tertiary/aromatic N) is 1. The lowest BCUT2D eigenvalue weighted by Crippen LogP contribution is -1.86. The van der Waals surface area contributed by atoms with Gasteiger partial charge in [-0.25, -0.2) is 0 Å². The van der Waals surface area contributed by atoms with Crippen LogP contribution in [-0.2, 0) is 0 Å². The molecule has 0 saturated heterocycles. The molecule has 1 N–H and O–H groups in total. The minimum atomic E-state index is 0.937. The zero-order valence-corrected chi connectivity index (χ0v) is 8.85. The number of allylic oxidation sites excluding steroid dienone is 4. The summed E-state index contributed by atoms with van der Waals surface area (Å²) in [5.74, 6) is 5.91. The van der Waals surface area contributed by atoms with Crippen molar-refractivity contribution in [1.82, 2.24) is 0 Å². The van der Waals surface area contributed by atoms with E-state index < -0.39 is 0 Å². The second-order valence-electron chi connectivity index (χ2n) is 3.33. The molecule has 0 atom stereocenters. The molecule has 0 bridgehead atoms. The van der Waals surface area contributed by atoms with Gasteiger partial charge in [-0.15, -0.1) is 0 Å². The topological polar surface area (TPSA) is 24.4 Å². The Bertz CT molecular complexity index is 484. The highest BCUT2D eigenvalue weighted by atomic mass is 15.3. The first-order valence-corrected chi connectivity index (χ1v) is 5.15. The summed E-state index contributed by atoms with van der Waals surface area (Å²) >= 11 is 0. The number of hydrazone groups is 1. The van der Waals surface area contributed by atoms with Crippen LogP contribution in [0.25, 0.3) is 0 Å². The monoisotopic (exact) mass is 208 g/mol. The van der Waals surface area contributed by atoms with Gasteiger partial charge in [-0.3, -0.25) is 5.43 Å². The molecule has 1 aromatic rings. The molecule has 0 unspecified atom stereocenters. The molecule has 2 heteroatoms. The van der Waals surface area contributed by atoms with Crippen molar-refractivity contribution in [2.45, 2.75) is 6.42 Å². The van der Waals surface area contributed by atoms with Gasteiger partial charge >= 0.3 is 0 Å². The summed E-state index contributed by atoms with van der Waals surface area (Å²) in [7, 11) is 0. The van der Waals surface area contributed by atoms with Gasteiger partial charge in [0.2, 0.25) is 0 Å². The second kappa shape index (κ2) is 5.57. The minimum absolute atomic E-state index is 0.937. The van der Waals surface area contributed by atoms with E-state index in [9.17, 15) is 0 Å². The van der Waals surface area contributed by atoms with Gasteiger partial charge in [-0.1, -0.05) is 42.3 Å². The molecule has 1 aliphatic rings. The molecule has 1 aliphatic carbocycles. The van der Waals surface area contributed by atoms with Crippen LogP contribution in [0.5, 0.6) is 0 Å². The summed E-state index contributed by atoms with van der Waals surface area (Å²) in [6, 6.07) is 9.79. The van der Waals surface area contributed by atoms with E-state index in [0.717, 1.165) is 17.7 Å². The molecular formula is C14H12N2. The van der Waals surface area contributed by atoms with Gasteiger partial charge in [0, 0.05) is 5.57 Å². The number of rotatable bonds is 2. The minimum Gasteiger partial charge on any atom is -0.278 e. The summed E-state index contributed by atoms with van der Waals surface area (Å²) in [5, 5.41) is 4.01. The van der Waals surface area contributed by atoms with Crippen molar-refractivity contribution in [1.29, 1.82) is 0 Å². The summed E-state index contributed by atoms with van der Waals surface area (Å²) < 4.78 is 0. The van der Waals surface area contributed by atoms with Gasteiger partial charge in [-0.05, 0) is 24.5 Å². The average molecular weight is 208 g/mol. The number of benzene rings is 1. The molecule has 16 heavy (non-hydrogen) atoms. The Kier molecular flexibility index (Phi) is 3.57. The van der Waals surface area contributed by atoms with Crippen molar-refractivity contribution >= 4 is 11.9 Å². The van der Waals surface area contributed by atoms with Crippen LogP contribution in [0.2, 0.25) is 0 Å². The van der Waals surface area contributed by atoms with Gasteiger partial charge in [-0.2, -0.15) is 5.10 Å². The fourth-order valence-electron chi connectivity index (χ4n) is 1.32. The van der Waals surface area contributed by atoms with Crippen LogP contribution in [0.1, 0.15) is 6.42 Å². The number of hydrogen-bond donors (Lipinski definition) is 1. The van der Waals surface area contributed by atoms with Crippen LogP contribution in [0, 0.1) is 11.8 Å². The first-order valence-electron chi connectivity index (χ1n) is 5.15.